The fourth-order valence-corrected chi connectivity index (χ4v) is 8.98. The van der Waals surface area contributed by atoms with E-state index in [1.54, 1.807) is 0 Å². The van der Waals surface area contributed by atoms with E-state index in [1.165, 1.54) is 76.3 Å². The largest absolute Gasteiger partial charge is 0.378 e. The number of likely N-dealkylation sites (N-methyl/N-ethyl adjacent to an activating group) is 1. The van der Waals surface area contributed by atoms with E-state index in [4.69, 9.17) is 0 Å². The fraction of sp³-hybridized carbons (Fsp3) is 0.800. The van der Waals surface area contributed by atoms with Crippen LogP contribution in [0.25, 0.3) is 0 Å². The lowest BCUT2D eigenvalue weighted by atomic mass is 9.99. The summed E-state index contributed by atoms with van der Waals surface area (Å²) in [7, 11) is 4.53. The molecule has 1 nitrogen and oxygen atoms in total. The van der Waals surface area contributed by atoms with Crippen molar-refractivity contribution in [2.24, 2.45) is 0 Å². The van der Waals surface area contributed by atoms with Crippen molar-refractivity contribution in [2.75, 3.05) is 14.1 Å². The van der Waals surface area contributed by atoms with E-state index < -0.39 is 0 Å². The molecule has 2 heteroatoms. The molecule has 0 bridgehead atoms. The number of nitrogens with zero attached hydrogens (tertiary/aromatic N) is 1. The van der Waals surface area contributed by atoms with Crippen LogP contribution in [0.1, 0.15) is 70.6 Å². The second kappa shape index (κ2) is 8.00. The Kier molecular flexibility index (Phi) is 6.02. The first kappa shape index (κ1) is 16.6. The summed E-state index contributed by atoms with van der Waals surface area (Å²) in [6, 6.07) is 0. The number of hydrogen-bond acceptors (Lipinski definition) is 1. The molecule has 0 amide bonds. The summed E-state index contributed by atoms with van der Waals surface area (Å²) in [6.07, 6.45) is 24.0. The smallest absolute Gasteiger partial charge is 0.0317 e. The lowest BCUT2D eigenvalue weighted by Crippen LogP contribution is -2.27. The van der Waals surface area contributed by atoms with Crippen LogP contribution in [0.3, 0.4) is 0 Å². The zero-order chi connectivity index (χ0) is 15.4. The third kappa shape index (κ3) is 3.97. The molecule has 1 unspecified atom stereocenters. The van der Waals surface area contributed by atoms with Crippen LogP contribution in [-0.4, -0.2) is 36.0 Å². The molecule has 0 saturated heterocycles. The maximum absolute atomic E-state index is 2.60. The average Bonchev–Trinajstić information content (AvgIpc) is 2.57. The van der Waals surface area contributed by atoms with Crippen LogP contribution in [0.2, 0.25) is 0 Å². The van der Waals surface area contributed by atoms with Gasteiger partial charge in [0, 0.05) is 25.5 Å². The third-order valence-electron chi connectivity index (χ3n) is 5.95. The SMILES string of the molecule is CN(C)C1=CCC(P(C2CCCCC2)C2CCCCC2)C=C1. The molecule has 0 heterocycles. The van der Waals surface area contributed by atoms with Gasteiger partial charge in [-0.2, -0.15) is 0 Å². The molecule has 0 radical (unpaired) electrons. The Bertz CT molecular complexity index is 382. The number of rotatable bonds is 4. The minimum Gasteiger partial charge on any atom is -0.378 e. The molecule has 0 aliphatic heterocycles. The van der Waals surface area contributed by atoms with Crippen LogP contribution in [0.5, 0.6) is 0 Å². The first-order chi connectivity index (χ1) is 10.8. The molecule has 0 N–H and O–H groups in total. The maximum atomic E-state index is 2.60. The van der Waals surface area contributed by atoms with Crippen molar-refractivity contribution in [2.45, 2.75) is 87.6 Å². The van der Waals surface area contributed by atoms with Crippen LogP contribution in [0.15, 0.2) is 23.9 Å². The van der Waals surface area contributed by atoms with Crippen molar-refractivity contribution < 1.29 is 0 Å². The maximum Gasteiger partial charge on any atom is 0.0317 e. The highest BCUT2D eigenvalue weighted by atomic mass is 31.1. The van der Waals surface area contributed by atoms with Crippen molar-refractivity contribution >= 4 is 7.92 Å². The van der Waals surface area contributed by atoms with E-state index in [0.717, 1.165) is 17.0 Å². The standard InChI is InChI=1S/C20H34NP/c1-21(2)17-13-15-20(16-14-17)22(18-9-5-3-6-10-18)19-11-7-4-8-12-19/h13-15,18-20H,3-12,16H2,1-2H3. The van der Waals surface area contributed by atoms with Crippen molar-refractivity contribution in [3.8, 4) is 0 Å². The molecule has 0 spiro atoms. The second-order valence-electron chi connectivity index (χ2n) is 7.72. The van der Waals surface area contributed by atoms with Crippen LogP contribution < -0.4 is 0 Å². The first-order valence-electron chi connectivity index (χ1n) is 9.59. The molecule has 0 aromatic carbocycles. The number of allylic oxidation sites excluding steroid dienone is 3. The Labute approximate surface area is 139 Å². The van der Waals surface area contributed by atoms with Gasteiger partial charge in [0.15, 0.2) is 0 Å². The monoisotopic (exact) mass is 319 g/mol. The second-order valence-corrected chi connectivity index (χ2v) is 10.7. The average molecular weight is 319 g/mol. The molecule has 2 saturated carbocycles. The van der Waals surface area contributed by atoms with Crippen LogP contribution in [0, 0.1) is 0 Å². The van der Waals surface area contributed by atoms with Gasteiger partial charge >= 0.3 is 0 Å². The van der Waals surface area contributed by atoms with Gasteiger partial charge in [0.1, 0.15) is 0 Å². The molecule has 0 aromatic rings. The van der Waals surface area contributed by atoms with E-state index in [9.17, 15) is 0 Å². The molecule has 2 fully saturated rings. The van der Waals surface area contributed by atoms with Gasteiger partial charge in [0.2, 0.25) is 0 Å². The van der Waals surface area contributed by atoms with Crippen molar-refractivity contribution in [1.82, 2.24) is 4.90 Å². The third-order valence-corrected chi connectivity index (χ3v) is 9.82. The lowest BCUT2D eigenvalue weighted by Gasteiger charge is -2.43. The van der Waals surface area contributed by atoms with Gasteiger partial charge in [-0.25, -0.2) is 0 Å². The van der Waals surface area contributed by atoms with Crippen molar-refractivity contribution in [1.29, 1.82) is 0 Å². The van der Waals surface area contributed by atoms with Crippen LogP contribution >= 0.6 is 7.92 Å². The van der Waals surface area contributed by atoms with Gasteiger partial charge in [-0.05, 0) is 49.5 Å². The van der Waals surface area contributed by atoms with E-state index in [-0.39, 0.29) is 7.92 Å². The summed E-state index contributed by atoms with van der Waals surface area (Å²) >= 11 is 0. The van der Waals surface area contributed by atoms with Crippen LogP contribution in [0.4, 0.5) is 0 Å². The van der Waals surface area contributed by atoms with Crippen LogP contribution in [-0.2, 0) is 0 Å². The Morgan fingerprint density at radius 2 is 1.41 bits per heavy atom. The Hall–Kier alpha value is -0.290. The molecule has 22 heavy (non-hydrogen) atoms. The zero-order valence-corrected chi connectivity index (χ0v) is 15.5. The molecule has 0 aromatic heterocycles. The summed E-state index contributed by atoms with van der Waals surface area (Å²) in [5, 5.41) is 0. The van der Waals surface area contributed by atoms with E-state index >= 15 is 0 Å². The number of hydrogen-bond donors (Lipinski definition) is 0. The lowest BCUT2D eigenvalue weighted by molar-refractivity contribution is 0.481. The summed E-state index contributed by atoms with van der Waals surface area (Å²) in [5.41, 5.74) is 4.45. The highest BCUT2D eigenvalue weighted by Crippen LogP contribution is 2.60. The summed E-state index contributed by atoms with van der Waals surface area (Å²) in [5.74, 6) is 0. The molecule has 124 valence electrons. The zero-order valence-electron chi connectivity index (χ0n) is 14.6. The van der Waals surface area contributed by atoms with E-state index in [1.807, 2.05) is 0 Å². The molecule has 3 rings (SSSR count). The summed E-state index contributed by atoms with van der Waals surface area (Å²) < 4.78 is 0. The Morgan fingerprint density at radius 1 is 0.864 bits per heavy atom. The molecule has 3 aliphatic rings. The first-order valence-corrected chi connectivity index (χ1v) is 11.1. The van der Waals surface area contributed by atoms with E-state index in [0.29, 0.717) is 0 Å². The van der Waals surface area contributed by atoms with Gasteiger partial charge in [0.25, 0.3) is 0 Å². The van der Waals surface area contributed by atoms with Gasteiger partial charge in [0.05, 0.1) is 0 Å². The van der Waals surface area contributed by atoms with Crippen molar-refractivity contribution in [3.05, 3.63) is 23.9 Å². The topological polar surface area (TPSA) is 3.24 Å². The highest BCUT2D eigenvalue weighted by Gasteiger charge is 2.35. The quantitative estimate of drug-likeness (QED) is 0.582. The Balaban J connectivity index is 1.72. The van der Waals surface area contributed by atoms with Gasteiger partial charge < -0.3 is 4.90 Å². The van der Waals surface area contributed by atoms with Gasteiger partial charge in [-0.15, -0.1) is 0 Å². The highest BCUT2D eigenvalue weighted by molar-refractivity contribution is 7.60. The van der Waals surface area contributed by atoms with Gasteiger partial charge in [-0.3, -0.25) is 0 Å². The molecular formula is C20H34NP. The predicted molar refractivity (Wildman–Crippen MR) is 100.0 cm³/mol. The fourth-order valence-electron chi connectivity index (χ4n) is 4.75. The molecule has 1 atom stereocenters. The van der Waals surface area contributed by atoms with E-state index in [2.05, 4.69) is 37.2 Å². The minimum absolute atomic E-state index is 0.197. The normalized spacial score (nSPS) is 28.0. The predicted octanol–water partition coefficient (Wildman–Crippen LogP) is 5.91. The summed E-state index contributed by atoms with van der Waals surface area (Å²) in [6.45, 7) is 0. The molecular weight excluding hydrogens is 285 g/mol. The molecule has 3 aliphatic carbocycles. The minimum atomic E-state index is 0.197. The van der Waals surface area contributed by atoms with Crippen molar-refractivity contribution in [3.63, 3.8) is 0 Å². The summed E-state index contributed by atoms with van der Waals surface area (Å²) in [4.78, 5) is 2.26. The Morgan fingerprint density at radius 3 is 1.82 bits per heavy atom. The van der Waals surface area contributed by atoms with Gasteiger partial charge in [-0.1, -0.05) is 58.6 Å².